The lowest BCUT2D eigenvalue weighted by molar-refractivity contribution is 0.179. The first-order chi connectivity index (χ1) is 12.3. The number of hydrogen-bond donors (Lipinski definition) is 3. The molecular formula is C19H26N4O2. The molecule has 25 heavy (non-hydrogen) atoms. The van der Waals surface area contributed by atoms with Gasteiger partial charge in [-0.3, -0.25) is 0 Å². The molecule has 1 saturated carbocycles. The summed E-state index contributed by atoms with van der Waals surface area (Å²) in [6.07, 6.45) is 10.7. The fourth-order valence-corrected chi connectivity index (χ4v) is 3.50. The zero-order valence-corrected chi connectivity index (χ0v) is 14.4. The number of amides is 2. The Morgan fingerprint density at radius 1 is 1.24 bits per heavy atom. The molecule has 6 nitrogen and oxygen atoms in total. The van der Waals surface area contributed by atoms with Crippen LogP contribution in [-0.2, 0) is 6.54 Å². The number of nitrogens with zero attached hydrogens (tertiary/aromatic N) is 2. The third-order valence-corrected chi connectivity index (χ3v) is 4.92. The molecule has 6 heteroatoms. The second kappa shape index (κ2) is 8.67. The molecule has 0 bridgehead atoms. The van der Waals surface area contributed by atoms with Gasteiger partial charge in [-0.25, -0.2) is 9.78 Å². The number of hydrogen-bond acceptors (Lipinski definition) is 3. The summed E-state index contributed by atoms with van der Waals surface area (Å²) in [6, 6.07) is 7.81. The molecular weight excluding hydrogens is 316 g/mol. The lowest BCUT2D eigenvalue weighted by atomic mass is 9.96. The fraction of sp³-hybridized carbons (Fsp3) is 0.474. The zero-order chi connectivity index (χ0) is 17.5. The van der Waals surface area contributed by atoms with Crippen LogP contribution in [0.2, 0.25) is 0 Å². The maximum Gasteiger partial charge on any atom is 0.315 e. The average molecular weight is 342 g/mol. The fourth-order valence-electron chi connectivity index (χ4n) is 3.50. The van der Waals surface area contributed by atoms with E-state index < -0.39 is 0 Å². The summed E-state index contributed by atoms with van der Waals surface area (Å²) in [5.41, 5.74) is 2.03. The van der Waals surface area contributed by atoms with E-state index in [1.165, 1.54) is 6.42 Å². The van der Waals surface area contributed by atoms with Crippen molar-refractivity contribution in [2.24, 2.45) is 5.92 Å². The molecule has 2 amide bonds. The van der Waals surface area contributed by atoms with Gasteiger partial charge < -0.3 is 20.3 Å². The number of imidazole rings is 1. The molecule has 1 heterocycles. The number of rotatable bonds is 5. The van der Waals surface area contributed by atoms with Crippen LogP contribution in [0.3, 0.4) is 0 Å². The number of nitrogens with one attached hydrogen (secondary N) is 2. The van der Waals surface area contributed by atoms with Crippen LogP contribution in [-0.4, -0.2) is 33.3 Å². The predicted octanol–water partition coefficient (Wildman–Crippen LogP) is 2.61. The number of carbonyl (C=O) groups excluding carboxylic acids is 1. The van der Waals surface area contributed by atoms with Gasteiger partial charge >= 0.3 is 6.03 Å². The summed E-state index contributed by atoms with van der Waals surface area (Å²) in [6.45, 7) is 0.575. The molecule has 2 aromatic rings. The van der Waals surface area contributed by atoms with Crippen molar-refractivity contribution in [1.82, 2.24) is 20.2 Å². The number of aliphatic hydroxyl groups excluding tert-OH is 1. The Labute approximate surface area is 148 Å². The van der Waals surface area contributed by atoms with Crippen LogP contribution in [0.4, 0.5) is 4.79 Å². The van der Waals surface area contributed by atoms with Crippen LogP contribution in [0, 0.1) is 5.92 Å². The highest BCUT2D eigenvalue weighted by Crippen LogP contribution is 2.23. The molecule has 1 aliphatic rings. The van der Waals surface area contributed by atoms with Crippen LogP contribution in [0.25, 0.3) is 5.69 Å². The van der Waals surface area contributed by atoms with Crippen molar-refractivity contribution in [2.75, 3.05) is 6.61 Å². The van der Waals surface area contributed by atoms with Crippen LogP contribution in [0.5, 0.6) is 0 Å². The van der Waals surface area contributed by atoms with Crippen molar-refractivity contribution < 1.29 is 9.90 Å². The van der Waals surface area contributed by atoms with Crippen LogP contribution >= 0.6 is 0 Å². The van der Waals surface area contributed by atoms with Crippen molar-refractivity contribution in [2.45, 2.75) is 44.7 Å². The Kier molecular flexibility index (Phi) is 6.06. The van der Waals surface area contributed by atoms with E-state index in [1.54, 1.807) is 12.5 Å². The maximum atomic E-state index is 12.3. The molecule has 0 spiro atoms. The van der Waals surface area contributed by atoms with Gasteiger partial charge in [0.1, 0.15) is 0 Å². The van der Waals surface area contributed by atoms with E-state index in [2.05, 4.69) is 15.6 Å². The topological polar surface area (TPSA) is 79.2 Å². The van der Waals surface area contributed by atoms with Gasteiger partial charge in [-0.1, -0.05) is 37.5 Å². The Morgan fingerprint density at radius 3 is 2.88 bits per heavy atom. The van der Waals surface area contributed by atoms with E-state index in [-0.39, 0.29) is 24.6 Å². The van der Waals surface area contributed by atoms with Gasteiger partial charge in [-0.05, 0) is 24.5 Å². The molecule has 1 fully saturated rings. The molecule has 134 valence electrons. The smallest absolute Gasteiger partial charge is 0.315 e. The normalized spacial score (nSPS) is 20.7. The summed E-state index contributed by atoms with van der Waals surface area (Å²) in [5.74, 6) is 0.159. The third kappa shape index (κ3) is 4.60. The van der Waals surface area contributed by atoms with Crippen LogP contribution in [0.15, 0.2) is 43.0 Å². The summed E-state index contributed by atoms with van der Waals surface area (Å²) in [7, 11) is 0. The van der Waals surface area contributed by atoms with E-state index >= 15 is 0 Å². The number of benzene rings is 1. The van der Waals surface area contributed by atoms with Crippen molar-refractivity contribution in [3.8, 4) is 5.69 Å². The minimum atomic E-state index is -0.175. The van der Waals surface area contributed by atoms with E-state index in [4.69, 9.17) is 0 Å². The molecule has 3 rings (SSSR count). The third-order valence-electron chi connectivity index (χ3n) is 4.92. The van der Waals surface area contributed by atoms with Crippen molar-refractivity contribution in [1.29, 1.82) is 0 Å². The largest absolute Gasteiger partial charge is 0.396 e. The van der Waals surface area contributed by atoms with Gasteiger partial charge in [-0.15, -0.1) is 0 Å². The SMILES string of the molecule is O=C(NCc1ccccc1-n1ccnc1)NC1CCCCCC1CO. The first-order valence-electron chi connectivity index (χ1n) is 8.99. The minimum Gasteiger partial charge on any atom is -0.396 e. The highest BCUT2D eigenvalue weighted by Gasteiger charge is 2.24. The lowest BCUT2D eigenvalue weighted by Gasteiger charge is -2.24. The number of aliphatic hydroxyl groups is 1. The first kappa shape index (κ1) is 17.5. The number of carbonyl (C=O) groups is 1. The van der Waals surface area contributed by atoms with Gasteiger partial charge in [0.2, 0.25) is 0 Å². The highest BCUT2D eigenvalue weighted by molar-refractivity contribution is 5.74. The van der Waals surface area contributed by atoms with Gasteiger partial charge in [0.05, 0.1) is 12.0 Å². The average Bonchev–Trinajstić information content (AvgIpc) is 3.08. The summed E-state index contributed by atoms with van der Waals surface area (Å²) < 4.78 is 1.93. The van der Waals surface area contributed by atoms with Crippen molar-refractivity contribution in [3.05, 3.63) is 48.5 Å². The lowest BCUT2D eigenvalue weighted by Crippen LogP contribution is -2.46. The molecule has 3 N–H and O–H groups in total. The molecule has 0 saturated heterocycles. The van der Waals surface area contributed by atoms with E-state index in [1.807, 2.05) is 35.0 Å². The molecule has 2 unspecified atom stereocenters. The van der Waals surface area contributed by atoms with Crippen molar-refractivity contribution in [3.63, 3.8) is 0 Å². The Bertz CT molecular complexity index is 672. The van der Waals surface area contributed by atoms with E-state index in [0.29, 0.717) is 6.54 Å². The molecule has 0 radical (unpaired) electrons. The van der Waals surface area contributed by atoms with Gasteiger partial charge in [-0.2, -0.15) is 0 Å². The molecule has 1 aromatic carbocycles. The van der Waals surface area contributed by atoms with Gasteiger partial charge in [0.15, 0.2) is 0 Å². The van der Waals surface area contributed by atoms with Crippen LogP contribution < -0.4 is 10.6 Å². The quantitative estimate of drug-likeness (QED) is 0.731. The second-order valence-corrected chi connectivity index (χ2v) is 6.61. The Balaban J connectivity index is 1.59. The summed E-state index contributed by atoms with van der Waals surface area (Å²) in [4.78, 5) is 16.4. The maximum absolute atomic E-state index is 12.3. The van der Waals surface area contributed by atoms with Gasteiger partial charge in [0.25, 0.3) is 0 Å². The Morgan fingerprint density at radius 2 is 2.08 bits per heavy atom. The minimum absolute atomic E-state index is 0.0522. The first-order valence-corrected chi connectivity index (χ1v) is 8.99. The number of para-hydroxylation sites is 1. The van der Waals surface area contributed by atoms with Crippen LogP contribution in [0.1, 0.15) is 37.7 Å². The number of urea groups is 1. The molecule has 0 aliphatic heterocycles. The molecule has 1 aliphatic carbocycles. The summed E-state index contributed by atoms with van der Waals surface area (Å²) in [5, 5.41) is 15.6. The highest BCUT2D eigenvalue weighted by atomic mass is 16.3. The number of aromatic nitrogens is 2. The standard InChI is InChI=1S/C19H26N4O2/c24-13-16-7-2-1-3-8-17(16)22-19(25)21-12-15-6-4-5-9-18(15)23-11-10-20-14-23/h4-6,9-11,14,16-17,24H,1-3,7-8,12-13H2,(H2,21,22,25). The monoisotopic (exact) mass is 342 g/mol. The van der Waals surface area contributed by atoms with Gasteiger partial charge in [0, 0.05) is 37.5 Å². The Hall–Kier alpha value is -2.34. The molecule has 2 atom stereocenters. The predicted molar refractivity (Wildman–Crippen MR) is 96.4 cm³/mol. The van der Waals surface area contributed by atoms with E-state index in [9.17, 15) is 9.90 Å². The summed E-state index contributed by atoms with van der Waals surface area (Å²) >= 11 is 0. The molecule has 1 aromatic heterocycles. The van der Waals surface area contributed by atoms with Crippen molar-refractivity contribution >= 4 is 6.03 Å². The zero-order valence-electron chi connectivity index (χ0n) is 14.4. The second-order valence-electron chi connectivity index (χ2n) is 6.61. The van der Waals surface area contributed by atoms with E-state index in [0.717, 1.165) is 36.9 Å².